The largest absolute Gasteiger partial charge is 0.375 e. The highest BCUT2D eigenvalue weighted by Gasteiger charge is 2.23. The molecule has 0 aromatic carbocycles. The number of nitrogens with zero attached hydrogens (tertiary/aromatic N) is 1. The maximum atomic E-state index is 12.2. The van der Waals surface area contributed by atoms with E-state index in [0.717, 1.165) is 45.1 Å². The molecule has 2 rings (SSSR count). The highest BCUT2D eigenvalue weighted by Crippen LogP contribution is 2.21. The molecule has 0 aliphatic carbocycles. The fraction of sp³-hybridized carbons (Fsp3) is 0.929. The van der Waals surface area contributed by atoms with Crippen LogP contribution in [0.25, 0.3) is 0 Å². The van der Waals surface area contributed by atoms with Crippen LogP contribution in [0.4, 0.5) is 0 Å². The monoisotopic (exact) mass is 254 g/mol. The Bertz CT molecular complexity index is 265. The average molecular weight is 254 g/mol. The number of likely N-dealkylation sites (tertiary alicyclic amines) is 1. The van der Waals surface area contributed by atoms with Crippen molar-refractivity contribution in [2.45, 2.75) is 45.1 Å². The Hall–Kier alpha value is -0.610. The molecule has 0 radical (unpaired) electrons. The third-order valence-electron chi connectivity index (χ3n) is 4.18. The summed E-state index contributed by atoms with van der Waals surface area (Å²) in [5.74, 6) is 1.09. The van der Waals surface area contributed by atoms with Crippen molar-refractivity contribution in [2.75, 3.05) is 32.8 Å². The molecule has 2 unspecified atom stereocenters. The van der Waals surface area contributed by atoms with Crippen molar-refractivity contribution >= 4 is 5.91 Å². The molecule has 2 heterocycles. The number of carbonyl (C=O) groups excluding carboxylic acids is 1. The van der Waals surface area contributed by atoms with Gasteiger partial charge in [-0.25, -0.2) is 0 Å². The van der Waals surface area contributed by atoms with Gasteiger partial charge in [0.05, 0.1) is 19.1 Å². The lowest BCUT2D eigenvalue weighted by molar-refractivity contribution is -0.134. The Morgan fingerprint density at radius 1 is 1.39 bits per heavy atom. The topological polar surface area (TPSA) is 41.6 Å². The number of morpholine rings is 1. The highest BCUT2D eigenvalue weighted by molar-refractivity contribution is 5.76. The van der Waals surface area contributed by atoms with Crippen LogP contribution in [0.5, 0.6) is 0 Å². The zero-order valence-corrected chi connectivity index (χ0v) is 11.5. The molecule has 2 aliphatic heterocycles. The van der Waals surface area contributed by atoms with Crippen molar-refractivity contribution in [1.82, 2.24) is 10.2 Å². The van der Waals surface area contributed by atoms with Gasteiger partial charge in [0.25, 0.3) is 0 Å². The van der Waals surface area contributed by atoms with Gasteiger partial charge in [-0.2, -0.15) is 0 Å². The molecule has 1 N–H and O–H groups in total. The van der Waals surface area contributed by atoms with Crippen LogP contribution in [-0.2, 0) is 9.53 Å². The first-order valence-corrected chi connectivity index (χ1v) is 7.39. The van der Waals surface area contributed by atoms with Gasteiger partial charge in [0.1, 0.15) is 0 Å². The van der Waals surface area contributed by atoms with Gasteiger partial charge in [-0.3, -0.25) is 4.79 Å². The highest BCUT2D eigenvalue weighted by atomic mass is 16.5. The van der Waals surface area contributed by atoms with E-state index in [9.17, 15) is 4.79 Å². The predicted octanol–water partition coefficient (Wildman–Crippen LogP) is 1.40. The standard InChI is InChI=1S/C14H26N2O2/c1-2-12-4-3-7-16(8-5-12)14(17)10-13-11-15-6-9-18-13/h12-13,15H,2-11H2,1H3. The minimum Gasteiger partial charge on any atom is -0.375 e. The summed E-state index contributed by atoms with van der Waals surface area (Å²) in [5, 5.41) is 3.28. The molecule has 2 atom stereocenters. The smallest absolute Gasteiger partial charge is 0.225 e. The number of ether oxygens (including phenoxy) is 1. The summed E-state index contributed by atoms with van der Waals surface area (Å²) in [5.41, 5.74) is 0. The number of rotatable bonds is 3. The summed E-state index contributed by atoms with van der Waals surface area (Å²) in [7, 11) is 0. The maximum Gasteiger partial charge on any atom is 0.225 e. The molecule has 2 aliphatic rings. The first-order chi connectivity index (χ1) is 8.79. The SMILES string of the molecule is CCC1CCCN(C(=O)CC2CNCCO2)CC1. The molecule has 4 nitrogen and oxygen atoms in total. The zero-order valence-electron chi connectivity index (χ0n) is 11.5. The maximum absolute atomic E-state index is 12.2. The Kier molecular flexibility index (Phi) is 5.45. The predicted molar refractivity (Wildman–Crippen MR) is 71.4 cm³/mol. The minimum atomic E-state index is 0.0801. The Labute approximate surface area is 110 Å². The number of amides is 1. The van der Waals surface area contributed by atoms with Crippen LogP contribution in [0, 0.1) is 5.92 Å². The molecule has 0 aromatic heterocycles. The van der Waals surface area contributed by atoms with E-state index in [1.165, 1.54) is 19.3 Å². The van der Waals surface area contributed by atoms with Crippen LogP contribution in [0.2, 0.25) is 0 Å². The van der Waals surface area contributed by atoms with Gasteiger partial charge in [-0.05, 0) is 25.2 Å². The lowest BCUT2D eigenvalue weighted by Crippen LogP contribution is -2.42. The third-order valence-corrected chi connectivity index (χ3v) is 4.18. The van der Waals surface area contributed by atoms with Crippen LogP contribution in [-0.4, -0.2) is 49.7 Å². The Morgan fingerprint density at radius 2 is 2.28 bits per heavy atom. The molecule has 0 spiro atoms. The average Bonchev–Trinajstić information content (AvgIpc) is 2.65. The van der Waals surface area contributed by atoms with E-state index in [-0.39, 0.29) is 12.0 Å². The quantitative estimate of drug-likeness (QED) is 0.828. The lowest BCUT2D eigenvalue weighted by Gasteiger charge is -2.27. The molecule has 1 amide bonds. The molecule has 2 saturated heterocycles. The van der Waals surface area contributed by atoms with Gasteiger partial charge in [0.15, 0.2) is 0 Å². The van der Waals surface area contributed by atoms with Crippen molar-refractivity contribution in [1.29, 1.82) is 0 Å². The third kappa shape index (κ3) is 3.95. The second-order valence-electron chi connectivity index (χ2n) is 5.49. The van der Waals surface area contributed by atoms with Gasteiger partial charge in [-0.1, -0.05) is 13.3 Å². The van der Waals surface area contributed by atoms with Crippen LogP contribution >= 0.6 is 0 Å². The fourth-order valence-electron chi connectivity index (χ4n) is 2.90. The summed E-state index contributed by atoms with van der Waals surface area (Å²) in [6, 6.07) is 0. The van der Waals surface area contributed by atoms with E-state index < -0.39 is 0 Å². The van der Waals surface area contributed by atoms with E-state index in [1.54, 1.807) is 0 Å². The van der Waals surface area contributed by atoms with E-state index >= 15 is 0 Å². The van der Waals surface area contributed by atoms with E-state index in [1.807, 2.05) is 4.90 Å². The molecule has 0 saturated carbocycles. The second kappa shape index (κ2) is 7.10. The number of hydrogen-bond acceptors (Lipinski definition) is 3. The Balaban J connectivity index is 1.77. The van der Waals surface area contributed by atoms with E-state index in [0.29, 0.717) is 6.42 Å². The second-order valence-corrected chi connectivity index (χ2v) is 5.49. The van der Waals surface area contributed by atoms with Gasteiger partial charge >= 0.3 is 0 Å². The van der Waals surface area contributed by atoms with Crippen LogP contribution in [0.15, 0.2) is 0 Å². The summed E-state index contributed by atoms with van der Waals surface area (Å²) < 4.78 is 5.60. The van der Waals surface area contributed by atoms with Crippen LogP contribution in [0.1, 0.15) is 39.0 Å². The molecule has 0 bridgehead atoms. The van der Waals surface area contributed by atoms with Gasteiger partial charge < -0.3 is 15.0 Å². The van der Waals surface area contributed by atoms with Gasteiger partial charge in [0.2, 0.25) is 5.91 Å². The van der Waals surface area contributed by atoms with Crippen molar-refractivity contribution < 1.29 is 9.53 Å². The fourth-order valence-corrected chi connectivity index (χ4v) is 2.90. The van der Waals surface area contributed by atoms with E-state index in [2.05, 4.69) is 12.2 Å². The van der Waals surface area contributed by atoms with Crippen molar-refractivity contribution in [3.05, 3.63) is 0 Å². The van der Waals surface area contributed by atoms with Crippen molar-refractivity contribution in [3.63, 3.8) is 0 Å². The molecule has 0 aromatic rings. The van der Waals surface area contributed by atoms with Gasteiger partial charge in [0, 0.05) is 26.2 Å². The summed E-state index contributed by atoms with van der Waals surface area (Å²) in [6.45, 7) is 6.59. The summed E-state index contributed by atoms with van der Waals surface area (Å²) >= 11 is 0. The first-order valence-electron chi connectivity index (χ1n) is 7.39. The van der Waals surface area contributed by atoms with Crippen molar-refractivity contribution in [3.8, 4) is 0 Å². The molecular formula is C14H26N2O2. The first kappa shape index (κ1) is 13.8. The van der Waals surface area contributed by atoms with Crippen LogP contribution in [0.3, 0.4) is 0 Å². The number of carbonyl (C=O) groups is 1. The number of hydrogen-bond donors (Lipinski definition) is 1. The number of nitrogens with one attached hydrogen (secondary N) is 1. The summed E-state index contributed by atoms with van der Waals surface area (Å²) in [4.78, 5) is 14.3. The van der Waals surface area contributed by atoms with E-state index in [4.69, 9.17) is 4.74 Å². The van der Waals surface area contributed by atoms with Crippen LogP contribution < -0.4 is 5.32 Å². The van der Waals surface area contributed by atoms with Crippen molar-refractivity contribution in [2.24, 2.45) is 5.92 Å². The molecular weight excluding hydrogens is 228 g/mol. The molecule has 2 fully saturated rings. The normalized spacial score (nSPS) is 29.9. The molecule has 104 valence electrons. The minimum absolute atomic E-state index is 0.0801. The molecule has 18 heavy (non-hydrogen) atoms. The lowest BCUT2D eigenvalue weighted by atomic mass is 9.98. The summed E-state index contributed by atoms with van der Waals surface area (Å²) in [6.07, 6.45) is 5.49. The molecule has 4 heteroatoms. The zero-order chi connectivity index (χ0) is 12.8. The Morgan fingerprint density at radius 3 is 3.00 bits per heavy atom. The van der Waals surface area contributed by atoms with Gasteiger partial charge in [-0.15, -0.1) is 0 Å².